The van der Waals surface area contributed by atoms with Gasteiger partial charge in [0.25, 0.3) is 0 Å². The summed E-state index contributed by atoms with van der Waals surface area (Å²) >= 11 is 0. The minimum atomic E-state index is -1.12. The van der Waals surface area contributed by atoms with Crippen LogP contribution in [-0.4, -0.2) is 21.8 Å². The number of fused-ring (bicyclic) bond motifs is 4. The minimum Gasteiger partial charge on any atom is -0.515 e. The predicted octanol–water partition coefficient (Wildman–Crippen LogP) is 4.27. The van der Waals surface area contributed by atoms with Crippen molar-refractivity contribution in [2.45, 2.75) is 25.4 Å². The number of carboxylic acids is 1. The maximum atomic E-state index is 11.5. The second-order valence-corrected chi connectivity index (χ2v) is 5.86. The second-order valence-electron chi connectivity index (χ2n) is 5.86. The van der Waals surface area contributed by atoms with E-state index in [2.05, 4.69) is 10.2 Å². The lowest BCUT2D eigenvalue weighted by Gasteiger charge is -2.44. The quantitative estimate of drug-likeness (QED) is 0.566. The highest BCUT2D eigenvalue weighted by Crippen LogP contribution is 2.42. The summed E-state index contributed by atoms with van der Waals surface area (Å²) in [5.41, 5.74) is 2.13. The Morgan fingerprint density at radius 1 is 1.12 bits per heavy atom. The molecule has 0 saturated heterocycles. The minimum absolute atomic E-state index is 0.0345. The molecule has 5 nitrogen and oxygen atoms in total. The number of nitrogens with one attached hydrogen (secondary N) is 1. The number of nitrogens with zero attached hydrogens (tertiary/aromatic N) is 1. The second kappa shape index (κ2) is 6.28. The van der Waals surface area contributed by atoms with Crippen molar-refractivity contribution in [3.8, 4) is 0 Å². The summed E-state index contributed by atoms with van der Waals surface area (Å²) in [6, 6.07) is 17.8. The Bertz CT molecular complexity index is 754. The number of benzene rings is 2. The lowest BCUT2D eigenvalue weighted by Crippen LogP contribution is -2.52. The highest BCUT2D eigenvalue weighted by atomic mass is 16.4. The monoisotopic (exact) mass is 324 g/mol. The molecule has 2 aromatic carbocycles. The smallest absolute Gasteiger partial charge is 0.334 e. The number of anilines is 3. The van der Waals surface area contributed by atoms with Crippen LogP contribution in [0.15, 0.2) is 66.4 Å². The highest BCUT2D eigenvalue weighted by molar-refractivity contribution is 5.87. The van der Waals surface area contributed by atoms with Crippen LogP contribution in [0.5, 0.6) is 0 Å². The maximum Gasteiger partial charge on any atom is 0.334 e. The first-order valence-corrected chi connectivity index (χ1v) is 7.90. The molecule has 2 aromatic rings. The molecule has 0 radical (unpaired) electrons. The summed E-state index contributed by atoms with van der Waals surface area (Å²) < 4.78 is 0. The van der Waals surface area contributed by atoms with Crippen molar-refractivity contribution in [2.75, 3.05) is 10.2 Å². The van der Waals surface area contributed by atoms with Crippen LogP contribution in [0.25, 0.3) is 0 Å². The number of para-hydroxylation sites is 1. The van der Waals surface area contributed by atoms with Gasteiger partial charge in [-0.25, -0.2) is 4.79 Å². The zero-order valence-corrected chi connectivity index (χ0v) is 13.4. The third-order valence-electron chi connectivity index (χ3n) is 4.44. The predicted molar refractivity (Wildman–Crippen MR) is 94.6 cm³/mol. The lowest BCUT2D eigenvalue weighted by molar-refractivity contribution is -0.133. The Balaban J connectivity index is 2.14. The molecule has 2 heterocycles. The van der Waals surface area contributed by atoms with E-state index < -0.39 is 11.6 Å². The molecule has 24 heavy (non-hydrogen) atoms. The van der Waals surface area contributed by atoms with Gasteiger partial charge in [0.15, 0.2) is 0 Å². The standard InChI is InChI=1S/C19H20N2O3/c1-2-19(12-14(13-22)18(23)24)20-15-8-10-17(11-9-15)21(19)16-6-4-3-5-7-16/h3-11,13,20,22H,2,12H2,1H3,(H,23,24). The van der Waals surface area contributed by atoms with Crippen molar-refractivity contribution in [3.05, 3.63) is 66.4 Å². The van der Waals surface area contributed by atoms with E-state index in [4.69, 9.17) is 0 Å². The van der Waals surface area contributed by atoms with Crippen molar-refractivity contribution in [1.82, 2.24) is 0 Å². The topological polar surface area (TPSA) is 72.8 Å². The van der Waals surface area contributed by atoms with E-state index in [1.54, 1.807) is 0 Å². The van der Waals surface area contributed by atoms with Crippen LogP contribution in [0.1, 0.15) is 19.8 Å². The van der Waals surface area contributed by atoms with Gasteiger partial charge in [-0.2, -0.15) is 0 Å². The SMILES string of the molecule is CCC1(CC(=CO)C(=O)O)Nc2ccc(cc2)N1c1ccccc1. The summed E-state index contributed by atoms with van der Waals surface area (Å²) in [4.78, 5) is 13.6. The van der Waals surface area contributed by atoms with Gasteiger partial charge >= 0.3 is 5.97 Å². The number of aliphatic hydroxyl groups is 1. The Hall–Kier alpha value is -2.95. The van der Waals surface area contributed by atoms with Crippen molar-refractivity contribution in [3.63, 3.8) is 0 Å². The summed E-state index contributed by atoms with van der Waals surface area (Å²) in [5.74, 6) is -1.12. The zero-order valence-electron chi connectivity index (χ0n) is 13.4. The zero-order chi connectivity index (χ0) is 17.2. The average molecular weight is 324 g/mol. The van der Waals surface area contributed by atoms with Gasteiger partial charge < -0.3 is 20.4 Å². The van der Waals surface area contributed by atoms with Crippen molar-refractivity contribution in [2.24, 2.45) is 0 Å². The third kappa shape index (κ3) is 2.69. The summed E-state index contributed by atoms with van der Waals surface area (Å²) in [5, 5.41) is 22.2. The summed E-state index contributed by atoms with van der Waals surface area (Å²) in [6.45, 7) is 2.01. The molecule has 2 aliphatic rings. The van der Waals surface area contributed by atoms with E-state index in [1.165, 1.54) is 0 Å². The van der Waals surface area contributed by atoms with Crippen molar-refractivity contribution in [1.29, 1.82) is 0 Å². The molecule has 0 aromatic heterocycles. The average Bonchev–Trinajstić information content (AvgIpc) is 2.86. The number of aliphatic carboxylic acids is 1. The van der Waals surface area contributed by atoms with Crippen LogP contribution >= 0.6 is 0 Å². The van der Waals surface area contributed by atoms with Crippen LogP contribution < -0.4 is 10.2 Å². The maximum absolute atomic E-state index is 11.5. The Kier molecular flexibility index (Phi) is 4.16. The van der Waals surface area contributed by atoms with Gasteiger partial charge in [-0.05, 0) is 42.8 Å². The van der Waals surface area contributed by atoms with Crippen LogP contribution in [0, 0.1) is 0 Å². The number of carboxylic acid groups (broad SMARTS) is 1. The van der Waals surface area contributed by atoms with E-state index >= 15 is 0 Å². The third-order valence-corrected chi connectivity index (χ3v) is 4.44. The number of hydrogen-bond acceptors (Lipinski definition) is 4. The molecule has 0 saturated carbocycles. The first-order valence-electron chi connectivity index (χ1n) is 7.90. The van der Waals surface area contributed by atoms with Gasteiger partial charge in [-0.3, -0.25) is 0 Å². The largest absolute Gasteiger partial charge is 0.515 e. The molecule has 4 rings (SSSR count). The fourth-order valence-electron chi connectivity index (χ4n) is 3.23. The van der Waals surface area contributed by atoms with Gasteiger partial charge in [0, 0.05) is 23.5 Å². The first kappa shape index (κ1) is 15.9. The number of rotatable bonds is 5. The molecule has 5 heteroatoms. The van der Waals surface area contributed by atoms with Gasteiger partial charge in [0.2, 0.25) is 0 Å². The Morgan fingerprint density at radius 2 is 1.75 bits per heavy atom. The van der Waals surface area contributed by atoms with Crippen LogP contribution in [0.3, 0.4) is 0 Å². The molecule has 2 aliphatic heterocycles. The van der Waals surface area contributed by atoms with Crippen molar-refractivity contribution >= 4 is 23.0 Å². The lowest BCUT2D eigenvalue weighted by atomic mass is 9.94. The van der Waals surface area contributed by atoms with Gasteiger partial charge in [0.05, 0.1) is 11.8 Å². The highest BCUT2D eigenvalue weighted by Gasteiger charge is 2.40. The van der Waals surface area contributed by atoms with Crippen molar-refractivity contribution < 1.29 is 15.0 Å². The van der Waals surface area contributed by atoms with Crippen LogP contribution in [0.2, 0.25) is 0 Å². The number of aliphatic hydroxyl groups excluding tert-OH is 1. The Labute approximate surface area is 140 Å². The van der Waals surface area contributed by atoms with E-state index in [0.717, 1.165) is 17.1 Å². The number of hydrogen-bond donors (Lipinski definition) is 3. The van der Waals surface area contributed by atoms with Gasteiger partial charge in [-0.1, -0.05) is 25.1 Å². The molecule has 3 N–H and O–H groups in total. The van der Waals surface area contributed by atoms with Crippen LogP contribution in [-0.2, 0) is 4.79 Å². The molecular weight excluding hydrogens is 304 g/mol. The van der Waals surface area contributed by atoms with Gasteiger partial charge in [0.1, 0.15) is 5.66 Å². The summed E-state index contributed by atoms with van der Waals surface area (Å²) in [6.07, 6.45) is 1.48. The fourth-order valence-corrected chi connectivity index (χ4v) is 3.23. The number of carbonyl (C=O) groups is 1. The first-order chi connectivity index (χ1) is 11.6. The normalized spacial score (nSPS) is 19.7. The van der Waals surface area contributed by atoms with E-state index in [9.17, 15) is 15.0 Å². The molecule has 0 spiro atoms. The van der Waals surface area contributed by atoms with Gasteiger partial charge in [-0.15, -0.1) is 0 Å². The van der Waals surface area contributed by atoms with E-state index in [-0.39, 0.29) is 12.0 Å². The molecule has 1 unspecified atom stereocenters. The summed E-state index contributed by atoms with van der Waals surface area (Å²) in [7, 11) is 0. The Morgan fingerprint density at radius 3 is 2.29 bits per heavy atom. The molecule has 0 aliphatic carbocycles. The van der Waals surface area contributed by atoms with Crippen LogP contribution in [0.4, 0.5) is 17.1 Å². The molecular formula is C19H20N2O3. The molecule has 0 amide bonds. The van der Waals surface area contributed by atoms with E-state index in [1.807, 2.05) is 61.5 Å². The molecule has 0 fully saturated rings. The molecule has 124 valence electrons. The molecule has 1 atom stereocenters. The van der Waals surface area contributed by atoms with E-state index in [0.29, 0.717) is 12.7 Å². The fraction of sp³-hybridized carbons (Fsp3) is 0.211. The molecule has 2 bridgehead atoms.